The predicted octanol–water partition coefficient (Wildman–Crippen LogP) is 3.53. The number of rotatable bonds is 3. The van der Waals surface area contributed by atoms with E-state index in [-0.39, 0.29) is 20.8 Å². The molecule has 106 valence electrons. The van der Waals surface area contributed by atoms with Crippen molar-refractivity contribution in [3.05, 3.63) is 45.1 Å². The van der Waals surface area contributed by atoms with E-state index in [9.17, 15) is 8.42 Å². The van der Waals surface area contributed by atoms with Gasteiger partial charge in [0, 0.05) is 16.4 Å². The Kier molecular flexibility index (Phi) is 4.43. The second-order valence-corrected chi connectivity index (χ2v) is 7.12. The number of anilines is 2. The van der Waals surface area contributed by atoms with Gasteiger partial charge in [-0.2, -0.15) is 0 Å². The zero-order valence-corrected chi connectivity index (χ0v) is 13.7. The fourth-order valence-electron chi connectivity index (χ4n) is 1.43. The number of nitrogens with zero attached hydrogens (tertiary/aromatic N) is 1. The molecule has 5 nitrogen and oxygen atoms in total. The van der Waals surface area contributed by atoms with Gasteiger partial charge in [-0.3, -0.25) is 4.72 Å². The Morgan fingerprint density at radius 2 is 1.95 bits per heavy atom. The molecule has 1 aromatic carbocycles. The van der Waals surface area contributed by atoms with Gasteiger partial charge in [-0.1, -0.05) is 23.2 Å². The lowest BCUT2D eigenvalue weighted by Gasteiger charge is -2.11. The van der Waals surface area contributed by atoms with E-state index >= 15 is 0 Å². The Bertz CT molecular complexity index is 768. The Labute approximate surface area is 134 Å². The van der Waals surface area contributed by atoms with Crippen LogP contribution in [0.5, 0.6) is 0 Å². The SMILES string of the molecule is Nc1ccc(S(=O)(=O)Nc2cc(Br)cnc2Cl)c(Cl)c1. The van der Waals surface area contributed by atoms with E-state index in [2.05, 4.69) is 25.6 Å². The maximum Gasteiger partial charge on any atom is 0.263 e. The molecule has 20 heavy (non-hydrogen) atoms. The molecule has 0 spiro atoms. The minimum Gasteiger partial charge on any atom is -0.399 e. The quantitative estimate of drug-likeness (QED) is 0.613. The lowest BCUT2D eigenvalue weighted by molar-refractivity contribution is 0.601. The van der Waals surface area contributed by atoms with Crippen molar-refractivity contribution in [3.63, 3.8) is 0 Å². The van der Waals surface area contributed by atoms with Gasteiger partial charge in [0.25, 0.3) is 10.0 Å². The smallest absolute Gasteiger partial charge is 0.263 e. The summed E-state index contributed by atoms with van der Waals surface area (Å²) in [6, 6.07) is 5.62. The number of nitrogens with one attached hydrogen (secondary N) is 1. The molecule has 0 aliphatic rings. The highest BCUT2D eigenvalue weighted by Crippen LogP contribution is 2.29. The highest BCUT2D eigenvalue weighted by molar-refractivity contribution is 9.10. The molecular formula is C11H8BrCl2N3O2S. The van der Waals surface area contributed by atoms with Gasteiger partial charge in [-0.05, 0) is 40.2 Å². The number of nitrogen functional groups attached to an aromatic ring is 1. The molecule has 2 aromatic rings. The molecule has 2 rings (SSSR count). The van der Waals surface area contributed by atoms with Crippen molar-refractivity contribution in [2.45, 2.75) is 4.90 Å². The first-order valence-corrected chi connectivity index (χ1v) is 8.22. The largest absolute Gasteiger partial charge is 0.399 e. The Morgan fingerprint density at radius 3 is 2.60 bits per heavy atom. The lowest BCUT2D eigenvalue weighted by Crippen LogP contribution is -2.14. The summed E-state index contributed by atoms with van der Waals surface area (Å²) in [5.74, 6) is 0. The predicted molar refractivity (Wildman–Crippen MR) is 83.6 cm³/mol. The van der Waals surface area contributed by atoms with Crippen molar-refractivity contribution in [2.24, 2.45) is 0 Å². The van der Waals surface area contributed by atoms with E-state index in [1.165, 1.54) is 30.5 Å². The molecule has 0 atom stereocenters. The summed E-state index contributed by atoms with van der Waals surface area (Å²) in [5.41, 5.74) is 6.05. The van der Waals surface area contributed by atoms with Gasteiger partial charge < -0.3 is 5.73 Å². The first-order valence-electron chi connectivity index (χ1n) is 5.18. The third-order valence-corrected chi connectivity index (χ3v) is 4.88. The van der Waals surface area contributed by atoms with Gasteiger partial charge >= 0.3 is 0 Å². The number of halogens is 3. The summed E-state index contributed by atoms with van der Waals surface area (Å²) in [7, 11) is -3.88. The summed E-state index contributed by atoms with van der Waals surface area (Å²) in [4.78, 5) is 3.74. The molecule has 0 aliphatic carbocycles. The molecule has 9 heteroatoms. The monoisotopic (exact) mass is 395 g/mol. The molecule has 0 aliphatic heterocycles. The molecule has 0 bridgehead atoms. The number of hydrogen-bond acceptors (Lipinski definition) is 4. The van der Waals surface area contributed by atoms with Crippen LogP contribution in [0.1, 0.15) is 0 Å². The Morgan fingerprint density at radius 1 is 1.25 bits per heavy atom. The third kappa shape index (κ3) is 3.35. The lowest BCUT2D eigenvalue weighted by atomic mass is 10.3. The topological polar surface area (TPSA) is 85.1 Å². The standard InChI is InChI=1S/C11H8BrCl2N3O2S/c12-6-3-9(11(14)16-5-6)17-20(18,19)10-2-1-7(15)4-8(10)13/h1-5,17H,15H2. The van der Waals surface area contributed by atoms with Crippen molar-refractivity contribution in [1.29, 1.82) is 0 Å². The average Bonchev–Trinajstić information content (AvgIpc) is 2.33. The van der Waals surface area contributed by atoms with Crippen LogP contribution in [0.25, 0.3) is 0 Å². The second-order valence-electron chi connectivity index (χ2n) is 3.79. The molecule has 1 aromatic heterocycles. The molecule has 0 fully saturated rings. The molecule has 1 heterocycles. The van der Waals surface area contributed by atoms with Crippen LogP contribution >= 0.6 is 39.1 Å². The molecular weight excluding hydrogens is 389 g/mol. The summed E-state index contributed by atoms with van der Waals surface area (Å²) in [6.07, 6.45) is 1.45. The summed E-state index contributed by atoms with van der Waals surface area (Å²) >= 11 is 14.9. The van der Waals surface area contributed by atoms with E-state index in [1.807, 2.05) is 0 Å². The van der Waals surface area contributed by atoms with Gasteiger partial charge in [-0.25, -0.2) is 13.4 Å². The molecule has 3 N–H and O–H groups in total. The van der Waals surface area contributed by atoms with Crippen LogP contribution in [-0.4, -0.2) is 13.4 Å². The normalized spacial score (nSPS) is 11.3. The fraction of sp³-hybridized carbons (Fsp3) is 0. The van der Waals surface area contributed by atoms with Crippen molar-refractivity contribution in [3.8, 4) is 0 Å². The first-order chi connectivity index (χ1) is 9.29. The van der Waals surface area contributed by atoms with Crippen LogP contribution in [0, 0.1) is 0 Å². The second kappa shape index (κ2) is 5.77. The number of sulfonamides is 1. The molecule has 0 saturated carbocycles. The van der Waals surface area contributed by atoms with Gasteiger partial charge in [-0.15, -0.1) is 0 Å². The van der Waals surface area contributed by atoms with Crippen molar-refractivity contribution < 1.29 is 8.42 Å². The van der Waals surface area contributed by atoms with Crippen LogP contribution in [0.3, 0.4) is 0 Å². The number of benzene rings is 1. The Hall–Kier alpha value is -1.02. The summed E-state index contributed by atoms with van der Waals surface area (Å²) in [6.45, 7) is 0. The fourth-order valence-corrected chi connectivity index (χ4v) is 3.58. The highest BCUT2D eigenvalue weighted by Gasteiger charge is 2.19. The number of pyridine rings is 1. The Balaban J connectivity index is 2.43. The zero-order chi connectivity index (χ0) is 14.9. The molecule has 0 amide bonds. The van der Waals surface area contributed by atoms with Crippen LogP contribution in [0.15, 0.2) is 39.8 Å². The molecule has 0 radical (unpaired) electrons. The number of nitrogens with two attached hydrogens (primary N) is 1. The van der Waals surface area contributed by atoms with Crippen molar-refractivity contribution in [2.75, 3.05) is 10.5 Å². The molecule has 0 unspecified atom stereocenters. The molecule has 0 saturated heterocycles. The zero-order valence-electron chi connectivity index (χ0n) is 9.77. The maximum atomic E-state index is 12.3. The average molecular weight is 397 g/mol. The van der Waals surface area contributed by atoms with Crippen molar-refractivity contribution in [1.82, 2.24) is 4.98 Å². The van der Waals surface area contributed by atoms with Gasteiger partial charge in [0.15, 0.2) is 5.15 Å². The van der Waals surface area contributed by atoms with E-state index in [0.717, 1.165) is 0 Å². The van der Waals surface area contributed by atoms with Crippen LogP contribution in [-0.2, 0) is 10.0 Å². The van der Waals surface area contributed by atoms with E-state index in [1.54, 1.807) is 0 Å². The van der Waals surface area contributed by atoms with Gasteiger partial charge in [0.1, 0.15) is 4.90 Å². The van der Waals surface area contributed by atoms with E-state index in [0.29, 0.717) is 10.2 Å². The summed E-state index contributed by atoms with van der Waals surface area (Å²) < 4.78 is 27.4. The highest BCUT2D eigenvalue weighted by atomic mass is 79.9. The third-order valence-electron chi connectivity index (χ3n) is 2.30. The van der Waals surface area contributed by atoms with E-state index in [4.69, 9.17) is 28.9 Å². The van der Waals surface area contributed by atoms with Gasteiger partial charge in [0.05, 0.1) is 10.7 Å². The number of hydrogen-bond donors (Lipinski definition) is 2. The number of aromatic nitrogens is 1. The van der Waals surface area contributed by atoms with Gasteiger partial charge in [0.2, 0.25) is 0 Å². The minimum absolute atomic E-state index is 0.0246. The van der Waals surface area contributed by atoms with Crippen LogP contribution in [0.4, 0.5) is 11.4 Å². The summed E-state index contributed by atoms with van der Waals surface area (Å²) in [5, 5.41) is 0.0555. The first kappa shape index (κ1) is 15.4. The van der Waals surface area contributed by atoms with Crippen LogP contribution < -0.4 is 10.5 Å². The maximum absolute atomic E-state index is 12.3. The van der Waals surface area contributed by atoms with Crippen molar-refractivity contribution >= 4 is 60.5 Å². The van der Waals surface area contributed by atoms with E-state index < -0.39 is 10.0 Å². The van der Waals surface area contributed by atoms with Crippen LogP contribution in [0.2, 0.25) is 10.2 Å². The minimum atomic E-state index is -3.88.